The van der Waals surface area contributed by atoms with E-state index >= 15 is 0 Å². The van der Waals surface area contributed by atoms with E-state index in [1.54, 1.807) is 0 Å². The molecule has 1 aliphatic rings. The Balaban J connectivity index is 1.30. The van der Waals surface area contributed by atoms with E-state index in [0.717, 1.165) is 46.4 Å². The molecule has 34 heavy (non-hydrogen) atoms. The highest BCUT2D eigenvalue weighted by Gasteiger charge is 2.29. The minimum atomic E-state index is -0.245. The first-order valence-corrected chi connectivity index (χ1v) is 11.7. The number of amides is 2. The van der Waals surface area contributed by atoms with E-state index in [1.807, 2.05) is 96.2 Å². The fourth-order valence-corrected chi connectivity index (χ4v) is 4.81. The molecule has 6 nitrogen and oxygen atoms in total. The van der Waals surface area contributed by atoms with E-state index in [9.17, 15) is 9.59 Å². The molecule has 0 saturated carbocycles. The number of rotatable bonds is 4. The average molecular weight is 453 g/mol. The van der Waals surface area contributed by atoms with Crippen LogP contribution in [0.5, 0.6) is 0 Å². The molecule has 3 aromatic carbocycles. The van der Waals surface area contributed by atoms with Gasteiger partial charge in [-0.3, -0.25) is 9.59 Å². The smallest absolute Gasteiger partial charge is 0.254 e. The Morgan fingerprint density at radius 2 is 1.76 bits per heavy atom. The number of nitrogens with one attached hydrogen (secondary N) is 1. The molecule has 1 aliphatic heterocycles. The fraction of sp³-hybridized carbons (Fsp3) is 0.250. The number of anilines is 1. The van der Waals surface area contributed by atoms with Gasteiger partial charge in [0.25, 0.3) is 5.91 Å². The summed E-state index contributed by atoms with van der Waals surface area (Å²) in [5.41, 5.74) is 4.31. The number of piperidine rings is 1. The molecule has 1 atom stereocenters. The number of carbonyl (C=O) groups is 2. The summed E-state index contributed by atoms with van der Waals surface area (Å²) >= 11 is 0. The predicted molar refractivity (Wildman–Crippen MR) is 134 cm³/mol. The van der Waals surface area contributed by atoms with E-state index in [0.29, 0.717) is 18.7 Å². The van der Waals surface area contributed by atoms with Crippen molar-refractivity contribution in [3.8, 4) is 5.69 Å². The molecule has 4 aromatic rings. The number of aryl methyl sites for hydroxylation is 2. The normalized spacial score (nSPS) is 15.9. The lowest BCUT2D eigenvalue weighted by Gasteiger charge is -2.32. The van der Waals surface area contributed by atoms with E-state index < -0.39 is 0 Å². The Kier molecular flexibility index (Phi) is 5.88. The Morgan fingerprint density at radius 1 is 0.971 bits per heavy atom. The minimum Gasteiger partial charge on any atom is -0.338 e. The molecule has 0 spiro atoms. The van der Waals surface area contributed by atoms with Crippen LogP contribution in [0.25, 0.3) is 16.5 Å². The van der Waals surface area contributed by atoms with Crippen LogP contribution in [0.2, 0.25) is 0 Å². The highest BCUT2D eigenvalue weighted by atomic mass is 16.2. The van der Waals surface area contributed by atoms with Gasteiger partial charge in [0.1, 0.15) is 0 Å². The van der Waals surface area contributed by atoms with Gasteiger partial charge in [-0.15, -0.1) is 0 Å². The van der Waals surface area contributed by atoms with E-state index in [-0.39, 0.29) is 17.7 Å². The lowest BCUT2D eigenvalue weighted by molar-refractivity contribution is -0.121. The Labute approximate surface area is 199 Å². The van der Waals surface area contributed by atoms with Crippen LogP contribution < -0.4 is 5.32 Å². The summed E-state index contributed by atoms with van der Waals surface area (Å²) in [5, 5.41) is 9.58. The molecular weight excluding hydrogens is 424 g/mol. The third-order valence-corrected chi connectivity index (χ3v) is 6.47. The first-order valence-electron chi connectivity index (χ1n) is 11.7. The summed E-state index contributed by atoms with van der Waals surface area (Å²) in [6.45, 7) is 5.06. The number of nitrogens with zero attached hydrogens (tertiary/aromatic N) is 3. The van der Waals surface area contributed by atoms with E-state index in [2.05, 4.69) is 10.4 Å². The lowest BCUT2D eigenvalue weighted by Crippen LogP contribution is -2.43. The number of benzene rings is 3. The molecule has 1 N–H and O–H groups in total. The highest BCUT2D eigenvalue weighted by Crippen LogP contribution is 2.25. The summed E-state index contributed by atoms with van der Waals surface area (Å²) in [7, 11) is 0. The third kappa shape index (κ3) is 4.31. The monoisotopic (exact) mass is 452 g/mol. The molecule has 6 heteroatoms. The molecule has 172 valence electrons. The summed E-state index contributed by atoms with van der Waals surface area (Å²) in [5.74, 6) is -0.313. The molecule has 0 radical (unpaired) electrons. The Morgan fingerprint density at radius 3 is 2.59 bits per heavy atom. The Hall–Kier alpha value is -3.93. The average Bonchev–Trinajstić information content (AvgIpc) is 3.21. The van der Waals surface area contributed by atoms with Gasteiger partial charge >= 0.3 is 0 Å². The van der Waals surface area contributed by atoms with Crippen molar-refractivity contribution >= 4 is 28.3 Å². The molecule has 2 heterocycles. The minimum absolute atomic E-state index is 0.0131. The van der Waals surface area contributed by atoms with Gasteiger partial charge in [-0.05, 0) is 67.8 Å². The van der Waals surface area contributed by atoms with Crippen molar-refractivity contribution in [3.05, 3.63) is 89.7 Å². The van der Waals surface area contributed by atoms with Crippen molar-refractivity contribution < 1.29 is 9.59 Å². The highest BCUT2D eigenvalue weighted by molar-refractivity contribution is 6.07. The van der Waals surface area contributed by atoms with Crippen LogP contribution in [0.15, 0.2) is 72.8 Å². The zero-order chi connectivity index (χ0) is 23.7. The van der Waals surface area contributed by atoms with Gasteiger partial charge in [-0.25, -0.2) is 4.68 Å². The summed E-state index contributed by atoms with van der Waals surface area (Å²) in [4.78, 5) is 28.3. The number of fused-ring (bicyclic) bond motifs is 1. The molecule has 0 bridgehead atoms. The van der Waals surface area contributed by atoms with Crippen LogP contribution >= 0.6 is 0 Å². The van der Waals surface area contributed by atoms with Crippen molar-refractivity contribution in [2.75, 3.05) is 18.4 Å². The zero-order valence-electron chi connectivity index (χ0n) is 19.5. The van der Waals surface area contributed by atoms with Crippen LogP contribution in [-0.4, -0.2) is 39.6 Å². The number of likely N-dealkylation sites (tertiary alicyclic amines) is 1. The molecule has 1 saturated heterocycles. The van der Waals surface area contributed by atoms with Crippen molar-refractivity contribution in [3.63, 3.8) is 0 Å². The second kappa shape index (κ2) is 9.14. The maximum atomic E-state index is 13.4. The molecular formula is C28H28N4O2. The number of hydrogen-bond donors (Lipinski definition) is 1. The molecule has 5 rings (SSSR count). The molecule has 1 unspecified atom stereocenters. The quantitative estimate of drug-likeness (QED) is 0.467. The van der Waals surface area contributed by atoms with Gasteiger partial charge in [0.2, 0.25) is 5.91 Å². The zero-order valence-corrected chi connectivity index (χ0v) is 19.5. The standard InChI is InChI=1S/C28H28N4O2/c1-19-16-20(2)32(30-19)24-12-6-11-23(17-24)29-27(33)22-10-7-15-31(18-22)28(34)26-14-5-9-21-8-3-4-13-25(21)26/h3-6,8-9,11-14,16-17,22H,7,10,15,18H2,1-2H3,(H,29,33). The van der Waals surface area contributed by atoms with Gasteiger partial charge in [-0.2, -0.15) is 5.10 Å². The van der Waals surface area contributed by atoms with Gasteiger partial charge in [0.15, 0.2) is 0 Å². The van der Waals surface area contributed by atoms with Crippen molar-refractivity contribution in [2.24, 2.45) is 5.92 Å². The Bertz CT molecular complexity index is 1370. The molecule has 0 aliphatic carbocycles. The summed E-state index contributed by atoms with van der Waals surface area (Å²) < 4.78 is 1.87. The van der Waals surface area contributed by atoms with Crippen LogP contribution in [0.1, 0.15) is 34.6 Å². The van der Waals surface area contributed by atoms with Gasteiger partial charge in [-0.1, -0.05) is 42.5 Å². The summed E-state index contributed by atoms with van der Waals surface area (Å²) in [6.07, 6.45) is 1.57. The van der Waals surface area contributed by atoms with Crippen LogP contribution in [0.4, 0.5) is 5.69 Å². The van der Waals surface area contributed by atoms with Crippen LogP contribution in [-0.2, 0) is 4.79 Å². The van der Waals surface area contributed by atoms with E-state index in [1.165, 1.54) is 0 Å². The second-order valence-corrected chi connectivity index (χ2v) is 9.00. The third-order valence-electron chi connectivity index (χ3n) is 6.47. The van der Waals surface area contributed by atoms with Gasteiger partial charge in [0.05, 0.1) is 17.3 Å². The van der Waals surface area contributed by atoms with Crippen molar-refractivity contribution in [1.82, 2.24) is 14.7 Å². The second-order valence-electron chi connectivity index (χ2n) is 9.00. The van der Waals surface area contributed by atoms with Gasteiger partial charge in [0, 0.05) is 30.0 Å². The van der Waals surface area contributed by atoms with E-state index in [4.69, 9.17) is 0 Å². The fourth-order valence-electron chi connectivity index (χ4n) is 4.81. The predicted octanol–water partition coefficient (Wildman–Crippen LogP) is 5.13. The lowest BCUT2D eigenvalue weighted by atomic mass is 9.95. The maximum absolute atomic E-state index is 13.4. The van der Waals surface area contributed by atoms with Crippen LogP contribution in [0, 0.1) is 19.8 Å². The van der Waals surface area contributed by atoms with Crippen molar-refractivity contribution in [2.45, 2.75) is 26.7 Å². The first kappa shape index (κ1) is 21.9. The van der Waals surface area contributed by atoms with Crippen molar-refractivity contribution in [1.29, 1.82) is 0 Å². The first-order chi connectivity index (χ1) is 16.5. The molecule has 1 fully saturated rings. The van der Waals surface area contributed by atoms with Crippen LogP contribution in [0.3, 0.4) is 0 Å². The molecule has 2 amide bonds. The number of carbonyl (C=O) groups excluding carboxylic acids is 2. The SMILES string of the molecule is Cc1cc(C)n(-c2cccc(NC(=O)C3CCCN(C(=O)c4cccc5ccccc45)C3)c2)n1. The van der Waals surface area contributed by atoms with Gasteiger partial charge < -0.3 is 10.2 Å². The summed E-state index contributed by atoms with van der Waals surface area (Å²) in [6, 6.07) is 23.4. The molecule has 1 aromatic heterocycles. The maximum Gasteiger partial charge on any atom is 0.254 e. The topological polar surface area (TPSA) is 67.2 Å². The number of hydrogen-bond acceptors (Lipinski definition) is 3. The largest absolute Gasteiger partial charge is 0.338 e. The number of aromatic nitrogens is 2.